The molecule has 1 heterocycles. The van der Waals surface area contributed by atoms with E-state index in [9.17, 15) is 140 Å². The number of esters is 5. The van der Waals surface area contributed by atoms with Gasteiger partial charge in [0, 0.05) is 0 Å². The van der Waals surface area contributed by atoms with Crippen molar-refractivity contribution >= 4 is 80.4 Å². The average molecular weight is 1260 g/mol. The van der Waals surface area contributed by atoms with E-state index in [4.69, 9.17) is 28.4 Å². The van der Waals surface area contributed by atoms with Gasteiger partial charge in [-0.3, -0.25) is 0 Å². The van der Waals surface area contributed by atoms with E-state index in [0.29, 0.717) is 0 Å². The Morgan fingerprint density at radius 3 is 0.951 bits per heavy atom. The molecule has 36 nitrogen and oxygen atoms in total. The molecule has 0 bridgehead atoms. The van der Waals surface area contributed by atoms with Gasteiger partial charge in [-0.25, -0.2) is 66.1 Å². The van der Waals surface area contributed by atoms with Crippen LogP contribution in [0.5, 0.6) is 57.5 Å². The Kier molecular flexibility index (Phi) is 16.8. The largest absolute Gasteiger partial charge is 0.744 e. The minimum atomic E-state index is -5.92. The summed E-state index contributed by atoms with van der Waals surface area (Å²) in [5, 5.41) is 102. The smallest absolute Gasteiger partial charge is 0.340 e. The lowest BCUT2D eigenvalue weighted by Gasteiger charge is -2.44. The first kappa shape index (κ1) is 62.2. The first-order valence-electron chi connectivity index (χ1n) is 20.8. The van der Waals surface area contributed by atoms with Crippen molar-refractivity contribution in [1.82, 2.24) is 0 Å². The van der Waals surface area contributed by atoms with Crippen LogP contribution in [0.3, 0.4) is 0 Å². The maximum Gasteiger partial charge on any atom is 0.340 e. The maximum absolute atomic E-state index is 14.2. The molecular weight excluding hydrogens is 1230 g/mol. The lowest BCUT2D eigenvalue weighted by Crippen LogP contribution is -2.63. The highest BCUT2D eigenvalue weighted by atomic mass is 32.2. The molecule has 1 aliphatic heterocycles. The summed E-state index contributed by atoms with van der Waals surface area (Å²) in [4.78, 5) is 61.0. The quantitative estimate of drug-likeness (QED) is 0.0214. The van der Waals surface area contributed by atoms with E-state index in [1.54, 1.807) is 0 Å². The molecule has 0 aromatic heterocycles. The van der Waals surface area contributed by atoms with E-state index in [1.165, 1.54) is 0 Å². The van der Waals surface area contributed by atoms with Gasteiger partial charge in [-0.2, -0.15) is 0 Å². The van der Waals surface area contributed by atoms with Crippen molar-refractivity contribution in [2.45, 2.75) is 55.2 Å². The van der Waals surface area contributed by atoms with Crippen LogP contribution in [0.4, 0.5) is 0 Å². The molecule has 1 fully saturated rings. The second-order valence-corrected chi connectivity index (χ2v) is 22.8. The lowest BCUT2D eigenvalue weighted by atomic mass is 9.97. The van der Waals surface area contributed by atoms with Gasteiger partial charge in [-0.15, -0.1) is 0 Å². The van der Waals surface area contributed by atoms with Crippen LogP contribution < -0.4 is 0 Å². The van der Waals surface area contributed by atoms with Crippen molar-refractivity contribution < 1.29 is 168 Å². The number of carbonyl (C=O) groups is 5. The van der Waals surface area contributed by atoms with E-state index >= 15 is 0 Å². The van der Waals surface area contributed by atoms with Crippen LogP contribution >= 0.6 is 0 Å². The number of rotatable bonds is 16. The van der Waals surface area contributed by atoms with Crippen LogP contribution in [-0.2, 0) is 79.0 Å². The van der Waals surface area contributed by atoms with E-state index in [1.807, 2.05) is 0 Å². The third-order valence-electron chi connectivity index (χ3n) is 10.7. The molecule has 1 aliphatic rings. The van der Waals surface area contributed by atoms with Crippen LogP contribution in [-0.4, -0.2) is 183 Å². The van der Waals surface area contributed by atoms with Crippen molar-refractivity contribution in [3.8, 4) is 57.5 Å². The zero-order valence-corrected chi connectivity index (χ0v) is 43.1. The van der Waals surface area contributed by atoms with Crippen LogP contribution in [0, 0.1) is 0 Å². The Labute approximate surface area is 454 Å². The number of hydrogen-bond acceptors (Lipinski definition) is 36. The molecule has 5 aromatic rings. The molecule has 10 N–H and O–H groups in total. The molecule has 82 heavy (non-hydrogen) atoms. The van der Waals surface area contributed by atoms with Gasteiger partial charge in [0.05, 0.1) is 27.8 Å². The molecule has 0 amide bonds. The summed E-state index contributed by atoms with van der Waals surface area (Å²) in [7, 11) is -29.3. The summed E-state index contributed by atoms with van der Waals surface area (Å²) in [5.41, 5.74) is -6.54. The molecule has 0 aliphatic carbocycles. The summed E-state index contributed by atoms with van der Waals surface area (Å²) in [6.07, 6.45) is -15.1. The fourth-order valence-electron chi connectivity index (χ4n) is 7.08. The number of phenols is 10. The molecule has 0 spiro atoms. The van der Waals surface area contributed by atoms with Gasteiger partial charge in [-0.1, -0.05) is 0 Å². The summed E-state index contributed by atoms with van der Waals surface area (Å²) in [5.74, 6) is -27.0. The molecule has 0 radical (unpaired) electrons. The number of hydrogen-bond donors (Lipinski definition) is 10. The fourth-order valence-corrected chi connectivity index (χ4v) is 10.2. The van der Waals surface area contributed by atoms with Gasteiger partial charge in [0.25, 0.3) is 0 Å². The normalized spacial score (nSPS) is 17.7. The van der Waals surface area contributed by atoms with Gasteiger partial charge >= 0.3 is 29.8 Å². The van der Waals surface area contributed by atoms with Crippen LogP contribution in [0.25, 0.3) is 0 Å². The second-order valence-electron chi connectivity index (χ2n) is 16.1. The van der Waals surface area contributed by atoms with E-state index in [0.717, 1.165) is 0 Å². The third-order valence-corrected chi connectivity index (χ3v) is 15.0. The summed E-state index contributed by atoms with van der Waals surface area (Å²) >= 11 is 0. The first-order valence-corrected chi connectivity index (χ1v) is 27.8. The Morgan fingerprint density at radius 1 is 0.366 bits per heavy atom. The highest BCUT2D eigenvalue weighted by Crippen LogP contribution is 2.41. The van der Waals surface area contributed by atoms with Crippen molar-refractivity contribution in [3.63, 3.8) is 0 Å². The number of ether oxygens (including phenoxy) is 6. The van der Waals surface area contributed by atoms with Crippen molar-refractivity contribution in [3.05, 3.63) is 88.5 Å². The Bertz CT molecular complexity index is 4110. The van der Waals surface area contributed by atoms with E-state index < -0.39 is 228 Å². The van der Waals surface area contributed by atoms with Crippen molar-refractivity contribution in [2.24, 2.45) is 0 Å². The molecule has 1 saturated heterocycles. The molecule has 41 heteroatoms. The van der Waals surface area contributed by atoms with Crippen LogP contribution in [0.15, 0.2) is 85.1 Å². The summed E-state index contributed by atoms with van der Waals surface area (Å²) < 4.78 is 211. The molecule has 5 aromatic carbocycles. The third kappa shape index (κ3) is 13.2. The predicted molar refractivity (Wildman–Crippen MR) is 241 cm³/mol. The van der Waals surface area contributed by atoms with Crippen molar-refractivity contribution in [1.29, 1.82) is 0 Å². The van der Waals surface area contributed by atoms with Crippen LogP contribution in [0.1, 0.15) is 51.8 Å². The lowest BCUT2D eigenvalue weighted by molar-refractivity contribution is -0.282. The first-order chi connectivity index (χ1) is 37.5. The topological polar surface area (TPSA) is 629 Å². The van der Waals surface area contributed by atoms with Gasteiger partial charge in [0.2, 0.25) is 12.4 Å². The molecule has 0 saturated carbocycles. The van der Waals surface area contributed by atoms with Gasteiger partial charge < -0.3 is 102 Å². The SMILES string of the molecule is O=C(OC[C@H]1O[C@@H](OC(=O)c2cc(O)c(O)c(S(=O)(=O)[O-])c2)[C@H](OC(=O)c2cc(O)c(O)c(S(=O)(=O)[O-])c2)[C@@H](OC(=O)c2cc(O)c(S(=O)(=O)[O-])c(O)c2)[C@@H]1OC(=O)c1cc(O)c(O)c(S(=O)(=O)[O-])c1)c1cc(O)c(O)c(S(=O)(=O)[O-])c1. The molecule has 5 atom stereocenters. The highest BCUT2D eigenvalue weighted by Gasteiger charge is 2.55. The van der Waals surface area contributed by atoms with Crippen molar-refractivity contribution in [2.75, 3.05) is 6.61 Å². The minimum Gasteiger partial charge on any atom is -0.744 e. The standard InChI is InChI=1S/C41H32O36S5/c42-17-1-13(7-24(28(17)48)78(57,58)59)36(52)72-11-23-32(74-38(54)14-2-18(43)29(49)25(8-14)79(60,61)62)33(75-37(53)12-5-21(46)35(22(47)6-12)82(69,70)71)34(76-39(55)15-3-19(44)30(50)26(9-15)80(63,64)65)41(73-23)77-40(56)16-4-20(45)31(51)27(10-16)81(66,67)68/h1-10,23,32-34,41-51H,11H2,(H,57,58,59)(H,60,61,62)(H,63,64,65)(H,66,67,68)(H,69,70,71)/p-5/t23-,32-,33+,34-,41+/m1/s1. The van der Waals surface area contributed by atoms with Gasteiger partial charge in [0.1, 0.15) is 99.3 Å². The molecule has 0 unspecified atom stereocenters. The zero-order chi connectivity index (χ0) is 61.8. The second kappa shape index (κ2) is 22.1. The Balaban J connectivity index is 1.64. The van der Waals surface area contributed by atoms with E-state index in [-0.39, 0.29) is 60.7 Å². The average Bonchev–Trinajstić information content (AvgIpc) is 3.41. The summed E-state index contributed by atoms with van der Waals surface area (Å²) in [6, 6.07) is 0.905. The molecule has 442 valence electrons. The minimum absolute atomic E-state index is 0.0000428. The zero-order valence-electron chi connectivity index (χ0n) is 39.0. The maximum atomic E-state index is 14.2. The Morgan fingerprint density at radius 2 is 0.634 bits per heavy atom. The molecule has 6 rings (SSSR count). The Hall–Kier alpha value is -9.04. The fraction of sp³-hybridized carbons (Fsp3) is 0.146. The number of aromatic hydroxyl groups is 10. The van der Waals surface area contributed by atoms with Gasteiger partial charge in [-0.05, 0) is 60.7 Å². The number of phenolic OH excluding ortho intramolecular Hbond substituents is 10. The number of carbonyl (C=O) groups excluding carboxylic acids is 5. The van der Waals surface area contributed by atoms with E-state index in [2.05, 4.69) is 0 Å². The molecular formula is C41H27O36S5-5. The summed E-state index contributed by atoms with van der Waals surface area (Å²) in [6.45, 7) is -1.74. The predicted octanol–water partition coefficient (Wildman–Crippen LogP) is -2.32. The monoisotopic (exact) mass is 1250 g/mol. The number of benzene rings is 5. The van der Waals surface area contributed by atoms with Gasteiger partial charge in [0.15, 0.2) is 58.2 Å². The highest BCUT2D eigenvalue weighted by molar-refractivity contribution is 7.87. The van der Waals surface area contributed by atoms with Crippen LogP contribution in [0.2, 0.25) is 0 Å².